The molecule has 116 valence electrons. The van der Waals surface area contributed by atoms with Gasteiger partial charge in [-0.1, -0.05) is 80.4 Å². The summed E-state index contributed by atoms with van der Waals surface area (Å²) in [5.74, 6) is 0. The molecule has 20 heavy (non-hydrogen) atoms. The lowest BCUT2D eigenvalue weighted by Crippen LogP contribution is -2.75. The third kappa shape index (κ3) is 1.02. The maximum absolute atomic E-state index is 2.54. The quantitative estimate of drug-likeness (QED) is 0.445. The van der Waals surface area contributed by atoms with Crippen molar-refractivity contribution >= 4 is 0 Å². The van der Waals surface area contributed by atoms with Crippen LogP contribution in [0.3, 0.4) is 0 Å². The molecule has 0 spiro atoms. The predicted molar refractivity (Wildman–Crippen MR) is 89.7 cm³/mol. The summed E-state index contributed by atoms with van der Waals surface area (Å²) in [5, 5.41) is 0. The van der Waals surface area contributed by atoms with E-state index in [9.17, 15) is 0 Å². The summed E-state index contributed by atoms with van der Waals surface area (Å²) >= 11 is 0. The number of hydrogen-bond donors (Lipinski definition) is 0. The van der Waals surface area contributed by atoms with Gasteiger partial charge in [-0.25, -0.2) is 0 Å². The van der Waals surface area contributed by atoms with Crippen LogP contribution in [0.2, 0.25) is 0 Å². The highest BCUT2D eigenvalue weighted by molar-refractivity contribution is 5.45. The van der Waals surface area contributed by atoms with Gasteiger partial charge in [-0.3, -0.25) is 0 Å². The van der Waals surface area contributed by atoms with Gasteiger partial charge in [0.1, 0.15) is 0 Å². The van der Waals surface area contributed by atoms with Crippen molar-refractivity contribution in [2.24, 2.45) is 32.5 Å². The Kier molecular flexibility index (Phi) is 2.73. The summed E-state index contributed by atoms with van der Waals surface area (Å²) in [6.45, 7) is 30.0. The molecule has 0 aromatic rings. The number of rotatable bonds is 0. The second-order valence-corrected chi connectivity index (χ2v) is 10.0. The van der Waals surface area contributed by atoms with Crippen LogP contribution < -0.4 is 0 Å². The minimum Gasteiger partial charge on any atom is -0.0668 e. The molecule has 3 aliphatic rings. The fourth-order valence-corrected chi connectivity index (χ4v) is 6.69. The minimum absolute atomic E-state index is 0.231. The Morgan fingerprint density at radius 1 is 0.400 bits per heavy atom. The molecule has 0 N–H and O–H groups in total. The Morgan fingerprint density at radius 3 is 0.700 bits per heavy atom. The van der Waals surface area contributed by atoms with Crippen LogP contribution in [0.1, 0.15) is 83.1 Å². The van der Waals surface area contributed by atoms with Crippen molar-refractivity contribution in [1.82, 2.24) is 0 Å². The molecule has 0 heterocycles. The maximum atomic E-state index is 2.54. The number of hydrogen-bond acceptors (Lipinski definition) is 0. The monoisotopic (exact) mass is 276 g/mol. The second-order valence-electron chi connectivity index (χ2n) is 10.0. The lowest BCUT2D eigenvalue weighted by atomic mass is 9.22. The van der Waals surface area contributed by atoms with E-state index in [-0.39, 0.29) is 32.5 Å². The Balaban J connectivity index is 3.06. The minimum atomic E-state index is 0.231. The topological polar surface area (TPSA) is 0 Å². The largest absolute Gasteiger partial charge is 0.0668 e. The zero-order chi connectivity index (χ0) is 16.2. The lowest BCUT2D eigenvalue weighted by molar-refractivity contribution is -0.285. The van der Waals surface area contributed by atoms with Crippen LogP contribution in [-0.4, -0.2) is 0 Å². The van der Waals surface area contributed by atoms with Crippen molar-refractivity contribution in [2.45, 2.75) is 83.1 Å². The summed E-state index contributed by atoms with van der Waals surface area (Å²) in [4.78, 5) is 0. The van der Waals surface area contributed by atoms with Crippen LogP contribution in [-0.2, 0) is 0 Å². The summed E-state index contributed by atoms with van der Waals surface area (Å²) in [6.07, 6.45) is 0. The van der Waals surface area contributed by atoms with Crippen molar-refractivity contribution in [3.63, 3.8) is 0 Å². The van der Waals surface area contributed by atoms with E-state index >= 15 is 0 Å². The van der Waals surface area contributed by atoms with Crippen LogP contribution in [0.15, 0.2) is 11.1 Å². The number of allylic oxidation sites excluding steroid dienone is 2. The fourth-order valence-electron chi connectivity index (χ4n) is 6.69. The standard InChI is InChI=1S/C20H36/c1-13-14(2)20(12)17(7,8)15(3,4)19(13,11)16(5,6)18(20,9)10/h1-12H3. The molecule has 2 bridgehead atoms. The molecule has 0 unspecified atom stereocenters. The summed E-state index contributed by atoms with van der Waals surface area (Å²) < 4.78 is 0. The normalized spacial score (nSPS) is 43.8. The first-order valence-corrected chi connectivity index (χ1v) is 8.25. The molecule has 0 heteroatoms. The van der Waals surface area contributed by atoms with Gasteiger partial charge < -0.3 is 0 Å². The highest BCUT2D eigenvalue weighted by atomic mass is 14.8. The first kappa shape index (κ1) is 16.1. The smallest absolute Gasteiger partial charge is 0.000333 e. The zero-order valence-corrected chi connectivity index (χ0v) is 16.0. The van der Waals surface area contributed by atoms with Gasteiger partial charge in [-0.05, 0) is 46.3 Å². The van der Waals surface area contributed by atoms with Crippen LogP contribution in [0.25, 0.3) is 0 Å². The van der Waals surface area contributed by atoms with Crippen LogP contribution in [0, 0.1) is 32.5 Å². The molecule has 0 saturated heterocycles. The average molecular weight is 277 g/mol. The van der Waals surface area contributed by atoms with Gasteiger partial charge in [0.05, 0.1) is 0 Å². The predicted octanol–water partition coefficient (Wildman–Crippen LogP) is 6.47. The van der Waals surface area contributed by atoms with Crippen LogP contribution >= 0.6 is 0 Å². The van der Waals surface area contributed by atoms with Crippen molar-refractivity contribution in [3.05, 3.63) is 11.1 Å². The van der Waals surface area contributed by atoms with Gasteiger partial charge in [-0.2, -0.15) is 0 Å². The molecule has 0 radical (unpaired) electrons. The Labute approximate surface area is 127 Å². The Morgan fingerprint density at radius 2 is 0.550 bits per heavy atom. The second kappa shape index (κ2) is 3.39. The highest BCUT2D eigenvalue weighted by Crippen LogP contribution is 2.85. The third-order valence-electron chi connectivity index (χ3n) is 10.2. The van der Waals surface area contributed by atoms with Crippen LogP contribution in [0.4, 0.5) is 0 Å². The molecule has 1 saturated carbocycles. The average Bonchev–Trinajstić information content (AvgIpc) is 2.30. The van der Waals surface area contributed by atoms with Crippen LogP contribution in [0.5, 0.6) is 0 Å². The first-order chi connectivity index (χ1) is 8.57. The van der Waals surface area contributed by atoms with Gasteiger partial charge in [0.25, 0.3) is 0 Å². The summed E-state index contributed by atoms with van der Waals surface area (Å²) in [5.41, 5.74) is 4.86. The van der Waals surface area contributed by atoms with Crippen molar-refractivity contribution < 1.29 is 0 Å². The van der Waals surface area contributed by atoms with Gasteiger partial charge >= 0.3 is 0 Å². The maximum Gasteiger partial charge on any atom is -0.000333 e. The molecule has 3 aliphatic carbocycles. The van der Waals surface area contributed by atoms with Gasteiger partial charge in [0.15, 0.2) is 0 Å². The third-order valence-corrected chi connectivity index (χ3v) is 10.2. The molecule has 0 amide bonds. The fraction of sp³-hybridized carbons (Fsp3) is 0.900. The Hall–Kier alpha value is -0.260. The summed E-state index contributed by atoms with van der Waals surface area (Å²) in [7, 11) is 0. The van der Waals surface area contributed by atoms with Gasteiger partial charge in [0, 0.05) is 0 Å². The number of fused-ring (bicyclic) bond motifs is 2. The molecule has 1 fully saturated rings. The lowest BCUT2D eigenvalue weighted by Gasteiger charge is -2.82. The molecular weight excluding hydrogens is 240 g/mol. The molecule has 0 nitrogen and oxygen atoms in total. The molecule has 0 aromatic carbocycles. The zero-order valence-electron chi connectivity index (χ0n) is 16.0. The van der Waals surface area contributed by atoms with Crippen molar-refractivity contribution in [2.75, 3.05) is 0 Å². The van der Waals surface area contributed by atoms with Crippen molar-refractivity contribution in [3.8, 4) is 0 Å². The van der Waals surface area contributed by atoms with E-state index < -0.39 is 0 Å². The van der Waals surface area contributed by atoms with Gasteiger partial charge in [0.2, 0.25) is 0 Å². The molecule has 3 rings (SSSR count). The van der Waals surface area contributed by atoms with E-state index in [1.165, 1.54) is 0 Å². The Bertz CT molecular complexity index is 420. The molecule has 0 aromatic heterocycles. The van der Waals surface area contributed by atoms with Crippen molar-refractivity contribution in [1.29, 1.82) is 0 Å². The molecule has 0 atom stereocenters. The van der Waals surface area contributed by atoms with E-state index in [1.54, 1.807) is 11.1 Å². The van der Waals surface area contributed by atoms with E-state index in [0.29, 0.717) is 0 Å². The summed E-state index contributed by atoms with van der Waals surface area (Å²) in [6, 6.07) is 0. The first-order valence-electron chi connectivity index (χ1n) is 8.25. The SMILES string of the molecule is CC1=C(C)C2(C)C(C)(C)C(C)(C)C1(C)C(C)(C)C2(C)C. The van der Waals surface area contributed by atoms with E-state index in [2.05, 4.69) is 83.1 Å². The van der Waals surface area contributed by atoms with E-state index in [0.717, 1.165) is 0 Å². The van der Waals surface area contributed by atoms with Gasteiger partial charge in [-0.15, -0.1) is 0 Å². The molecule has 0 aliphatic heterocycles. The van der Waals surface area contributed by atoms with E-state index in [1.807, 2.05) is 0 Å². The highest BCUT2D eigenvalue weighted by Gasteiger charge is 2.78. The van der Waals surface area contributed by atoms with E-state index in [4.69, 9.17) is 0 Å². The molecular formula is C20H36.